The number of phenols is 2. The highest BCUT2D eigenvalue weighted by atomic mass is 32.3. The fourth-order valence-electron chi connectivity index (χ4n) is 3.90. The molecule has 0 aliphatic heterocycles. The molecule has 0 aromatic heterocycles. The monoisotopic (exact) mass is 794 g/mol. The molecule has 3 aromatic carbocycles. The van der Waals surface area contributed by atoms with Crippen LogP contribution in [0.4, 0.5) is 74.6 Å². The number of rotatable bonds is 12. The average molecular weight is 795 g/mol. The van der Waals surface area contributed by atoms with E-state index in [9.17, 15) is 84.5 Å². The van der Waals surface area contributed by atoms with Crippen LogP contribution in [0.3, 0.4) is 0 Å². The molecule has 0 aliphatic rings. The van der Waals surface area contributed by atoms with Crippen molar-refractivity contribution < 1.29 is 96.9 Å². The molecule has 0 amide bonds. The lowest BCUT2D eigenvalue weighted by Gasteiger charge is -2.43. The number of alkyl halides is 17. The zero-order valence-electron chi connectivity index (χ0n) is 23.4. The normalized spacial score (nSPS) is 15.2. The van der Waals surface area contributed by atoms with Crippen LogP contribution in [0.5, 0.6) is 11.5 Å². The van der Waals surface area contributed by atoms with Crippen LogP contribution in [-0.2, 0) is 13.7 Å². The van der Waals surface area contributed by atoms with Crippen molar-refractivity contribution in [1.82, 2.24) is 0 Å². The zero-order valence-corrected chi connectivity index (χ0v) is 25.0. The maximum atomic E-state index is 15.2. The molecule has 0 radical (unpaired) electrons. The average Bonchev–Trinajstić information content (AvgIpc) is 3.00. The minimum absolute atomic E-state index is 0.642. The lowest BCUT2D eigenvalue weighted by atomic mass is 9.91. The number of halogens is 17. The lowest BCUT2D eigenvalue weighted by Crippen LogP contribution is -2.75. The van der Waals surface area contributed by atoms with E-state index in [-0.39, 0.29) is 0 Å². The quantitative estimate of drug-likeness (QED) is 0.179. The van der Waals surface area contributed by atoms with Crippen LogP contribution < -0.4 is 0 Å². The first kappa shape index (κ1) is 40.8. The highest BCUT2D eigenvalue weighted by molar-refractivity contribution is 8.33. The summed E-state index contributed by atoms with van der Waals surface area (Å²) in [6, 6.07) is 10.5. The topological polar surface area (TPSA) is 83.8 Å². The third-order valence-electron chi connectivity index (χ3n) is 6.61. The van der Waals surface area contributed by atoms with Crippen LogP contribution in [0.1, 0.15) is 0 Å². The second kappa shape index (κ2) is 12.2. The molecule has 3 aromatic rings. The van der Waals surface area contributed by atoms with Crippen LogP contribution in [0.2, 0.25) is 0 Å². The van der Waals surface area contributed by atoms with E-state index in [2.05, 4.69) is 3.63 Å². The van der Waals surface area contributed by atoms with Crippen molar-refractivity contribution in [1.29, 1.82) is 0 Å². The summed E-state index contributed by atoms with van der Waals surface area (Å²) < 4.78 is 267. The van der Waals surface area contributed by atoms with Crippen LogP contribution in [0.25, 0.3) is 0 Å². The molecular weight excluding hydrogens is 779 g/mol. The summed E-state index contributed by atoms with van der Waals surface area (Å²) in [5.74, 6) is -53.9. The van der Waals surface area contributed by atoms with E-state index in [4.69, 9.17) is 0 Å². The van der Waals surface area contributed by atoms with Crippen molar-refractivity contribution in [3.8, 4) is 11.5 Å². The number of hydrogen-bond donors (Lipinski definition) is 2. The molecule has 3 rings (SSSR count). The Morgan fingerprint density at radius 2 is 0.720 bits per heavy atom. The van der Waals surface area contributed by atoms with Crippen molar-refractivity contribution in [2.75, 3.05) is 0 Å². The van der Waals surface area contributed by atoms with E-state index in [1.807, 2.05) is 0 Å². The number of hydrogen-bond acceptors (Lipinski definition) is 5. The summed E-state index contributed by atoms with van der Waals surface area (Å²) >= 11 is 0. The van der Waals surface area contributed by atoms with Gasteiger partial charge in [-0.2, -0.15) is 83.1 Å². The van der Waals surface area contributed by atoms with Crippen molar-refractivity contribution in [2.24, 2.45) is 0 Å². The van der Waals surface area contributed by atoms with Crippen LogP contribution in [-0.4, -0.2) is 65.6 Å². The predicted octanol–water partition coefficient (Wildman–Crippen LogP) is 9.61. The Morgan fingerprint density at radius 1 is 0.420 bits per heavy atom. The van der Waals surface area contributed by atoms with Gasteiger partial charge in [-0.1, -0.05) is 18.2 Å². The first-order chi connectivity index (χ1) is 22.3. The molecule has 0 unspecified atom stereocenters. The molecule has 5 nitrogen and oxygen atoms in total. The molecule has 0 heterocycles. The largest absolute Gasteiger partial charge is 0.508 e. The van der Waals surface area contributed by atoms with Gasteiger partial charge in [0.1, 0.15) is 11.5 Å². The summed E-state index contributed by atoms with van der Waals surface area (Å²) in [5.41, 5.74) is 0. The molecule has 0 atom stereocenters. The fourth-order valence-corrected chi connectivity index (χ4v) is 9.09. The fraction of sp³-hybridized carbons (Fsp3) is 0.308. The van der Waals surface area contributed by atoms with Crippen LogP contribution >= 0.6 is 10.3 Å². The van der Waals surface area contributed by atoms with Crippen molar-refractivity contribution in [2.45, 2.75) is 61.7 Å². The Kier molecular flexibility index (Phi) is 9.97. The van der Waals surface area contributed by atoms with Gasteiger partial charge >= 0.3 is 57.1 Å². The Bertz CT molecular complexity index is 1730. The molecule has 0 bridgehead atoms. The molecule has 50 heavy (non-hydrogen) atoms. The van der Waals surface area contributed by atoms with E-state index in [1.54, 1.807) is 0 Å². The van der Waals surface area contributed by atoms with E-state index in [1.165, 1.54) is 6.07 Å². The minimum Gasteiger partial charge on any atom is -0.508 e. The third kappa shape index (κ3) is 5.75. The van der Waals surface area contributed by atoms with Gasteiger partial charge in [-0.25, -0.2) is 3.63 Å². The van der Waals surface area contributed by atoms with Gasteiger partial charge in [0.05, 0.1) is 0 Å². The molecule has 0 aliphatic carbocycles. The number of aromatic hydroxyl groups is 2. The molecule has 0 spiro atoms. The van der Waals surface area contributed by atoms with E-state index < -0.39 is 93.6 Å². The molecule has 280 valence electrons. The smallest absolute Gasteiger partial charge is 0.460 e. The summed E-state index contributed by atoms with van der Waals surface area (Å²) in [6.07, 6.45) is -7.96. The standard InChI is InChI=1S/C26H15F17O5S2/c27-19(28,21(31,32)23(35,36)25(39,40)41)20(29,30)22(33,34)24(37,38)26(42,43)50(46,47)48-49(16-4-2-1-3-5-16,17-10-6-14(44)7-11-17)18-12-8-15(45)9-13-18/h1-13,44-45H. The highest BCUT2D eigenvalue weighted by Gasteiger charge is 2.96. The molecule has 0 fully saturated rings. The molecule has 2 N–H and O–H groups in total. The summed E-state index contributed by atoms with van der Waals surface area (Å²) in [4.78, 5) is -2.07. The van der Waals surface area contributed by atoms with Gasteiger partial charge in [-0.3, -0.25) is 0 Å². The van der Waals surface area contributed by atoms with Gasteiger partial charge in [0.25, 0.3) is 0 Å². The lowest BCUT2D eigenvalue weighted by molar-refractivity contribution is -0.458. The second-order valence-corrected chi connectivity index (χ2v) is 14.3. The Morgan fingerprint density at radius 3 is 1.06 bits per heavy atom. The first-order valence-corrected chi connectivity index (χ1v) is 15.4. The van der Waals surface area contributed by atoms with Gasteiger partial charge in [0, 0.05) is 14.7 Å². The first-order valence-electron chi connectivity index (χ1n) is 12.4. The van der Waals surface area contributed by atoms with Gasteiger partial charge in [0.2, 0.25) is 0 Å². The highest BCUT2D eigenvalue weighted by Crippen LogP contribution is 2.72. The molecule has 24 heteroatoms. The minimum atomic E-state index is -9.02. The number of benzene rings is 3. The van der Waals surface area contributed by atoms with Gasteiger partial charge in [-0.05, 0) is 71.0 Å². The zero-order chi connectivity index (χ0) is 38.8. The van der Waals surface area contributed by atoms with Crippen LogP contribution in [0.15, 0.2) is 93.5 Å². The van der Waals surface area contributed by atoms with Gasteiger partial charge in [-0.15, -0.1) is 0 Å². The Balaban J connectivity index is 2.32. The molecule has 0 saturated carbocycles. The third-order valence-corrected chi connectivity index (χ3v) is 11.8. The summed E-state index contributed by atoms with van der Waals surface area (Å²) in [7, 11) is -12.7. The van der Waals surface area contributed by atoms with Gasteiger partial charge in [0.15, 0.2) is 0 Å². The van der Waals surface area contributed by atoms with E-state index >= 15 is 8.78 Å². The SMILES string of the molecule is O=S(=O)(OS(c1ccccc1)(c1ccc(O)cc1)c1ccc(O)cc1)C(F)(F)C(F)(F)C(F)(F)C(F)(F)C(F)(F)C(F)(F)C(F)(F)C(F)(F)F. The summed E-state index contributed by atoms with van der Waals surface area (Å²) in [6.45, 7) is 0. The van der Waals surface area contributed by atoms with Gasteiger partial charge < -0.3 is 10.2 Å². The van der Waals surface area contributed by atoms with Crippen molar-refractivity contribution in [3.05, 3.63) is 78.9 Å². The van der Waals surface area contributed by atoms with Crippen LogP contribution in [0, 0.1) is 0 Å². The second-order valence-electron chi connectivity index (χ2n) is 9.84. The predicted molar refractivity (Wildman–Crippen MR) is 136 cm³/mol. The maximum Gasteiger partial charge on any atom is 0.460 e. The maximum absolute atomic E-state index is 15.2. The van der Waals surface area contributed by atoms with E-state index in [0.717, 1.165) is 24.3 Å². The molecule has 0 saturated heterocycles. The van der Waals surface area contributed by atoms with E-state index in [0.29, 0.717) is 48.5 Å². The number of phenolic OH excluding ortho intramolecular Hbond substituents is 2. The van der Waals surface area contributed by atoms with Crippen molar-refractivity contribution in [3.63, 3.8) is 0 Å². The Labute approximate surface area is 269 Å². The van der Waals surface area contributed by atoms with Crippen molar-refractivity contribution >= 4 is 20.4 Å². The Hall–Kier alpha value is -3.67. The molecular formula is C26H15F17O5S2. The summed E-state index contributed by atoms with van der Waals surface area (Å²) in [5, 5.41) is 11.4.